The Balaban J connectivity index is 1.44. The van der Waals surface area contributed by atoms with Crippen LogP contribution < -0.4 is 0 Å². The van der Waals surface area contributed by atoms with Gasteiger partial charge in [-0.25, -0.2) is 0 Å². The van der Waals surface area contributed by atoms with Crippen LogP contribution in [0.25, 0.3) is 6.08 Å². The lowest BCUT2D eigenvalue weighted by molar-refractivity contribution is -0.119. The number of aliphatic hydroxyl groups excluding tert-OH is 1. The first-order chi connectivity index (χ1) is 13.5. The fourth-order valence-corrected chi connectivity index (χ4v) is 8.11. The lowest BCUT2D eigenvalue weighted by Gasteiger charge is -2.60. The molecule has 0 unspecified atom stereocenters. The van der Waals surface area contributed by atoms with Crippen molar-refractivity contribution in [2.75, 3.05) is 0 Å². The quantitative estimate of drug-likeness (QED) is 0.713. The van der Waals surface area contributed by atoms with Gasteiger partial charge in [0.05, 0.1) is 11.8 Å². The summed E-state index contributed by atoms with van der Waals surface area (Å²) in [4.78, 5) is 0. The van der Waals surface area contributed by atoms with E-state index in [-0.39, 0.29) is 11.5 Å². The zero-order valence-corrected chi connectivity index (χ0v) is 18.0. The number of rotatable bonds is 2. The number of aliphatic hydroxyl groups is 1. The average Bonchev–Trinajstić information content (AvgIpc) is 3.25. The minimum atomic E-state index is -0.290. The first kappa shape index (κ1) is 18.9. The number of hydrogen-bond acceptors (Lipinski definition) is 2. The highest BCUT2D eigenvalue weighted by Crippen LogP contribution is 2.66. The molecule has 4 aliphatic rings. The van der Waals surface area contributed by atoms with Gasteiger partial charge in [-0.3, -0.25) is 4.68 Å². The number of hydrogen-bond donors (Lipinski definition) is 1. The average molecular weight is 383 g/mol. The molecule has 0 aromatic carbocycles. The molecule has 3 heteroatoms. The molecular formula is C25H38N2O. The third-order valence-electron chi connectivity index (χ3n) is 9.77. The van der Waals surface area contributed by atoms with Gasteiger partial charge in [0.1, 0.15) is 0 Å². The van der Waals surface area contributed by atoms with E-state index in [4.69, 9.17) is 0 Å². The summed E-state index contributed by atoms with van der Waals surface area (Å²) in [6.07, 6.45) is 16.2. The molecule has 0 radical (unpaired) electrons. The van der Waals surface area contributed by atoms with Gasteiger partial charge < -0.3 is 5.11 Å². The van der Waals surface area contributed by atoms with Crippen LogP contribution in [0.3, 0.4) is 0 Å². The molecule has 4 fully saturated rings. The second kappa shape index (κ2) is 6.72. The molecule has 0 aliphatic heterocycles. The van der Waals surface area contributed by atoms with Gasteiger partial charge in [0.15, 0.2) is 0 Å². The van der Waals surface area contributed by atoms with Crippen molar-refractivity contribution >= 4 is 6.08 Å². The van der Waals surface area contributed by atoms with Crippen molar-refractivity contribution in [2.45, 2.75) is 91.2 Å². The number of aryl methyl sites for hydroxylation is 1. The van der Waals surface area contributed by atoms with Gasteiger partial charge in [0.2, 0.25) is 0 Å². The van der Waals surface area contributed by atoms with E-state index in [1.54, 1.807) is 0 Å². The van der Waals surface area contributed by atoms with E-state index in [1.165, 1.54) is 56.9 Å². The van der Waals surface area contributed by atoms with Crippen LogP contribution in [0.4, 0.5) is 0 Å². The molecule has 0 amide bonds. The molecule has 28 heavy (non-hydrogen) atoms. The van der Waals surface area contributed by atoms with Gasteiger partial charge in [-0.05, 0) is 98.7 Å². The van der Waals surface area contributed by atoms with Crippen molar-refractivity contribution < 1.29 is 5.11 Å². The molecule has 1 aromatic rings. The summed E-state index contributed by atoms with van der Waals surface area (Å²) in [5, 5.41) is 16.0. The molecular weight excluding hydrogens is 344 g/mol. The summed E-state index contributed by atoms with van der Waals surface area (Å²) in [7, 11) is 0. The van der Waals surface area contributed by atoms with Crippen molar-refractivity contribution in [3.8, 4) is 0 Å². The largest absolute Gasteiger partial charge is 0.388 e. The fourth-order valence-electron chi connectivity index (χ4n) is 8.11. The van der Waals surface area contributed by atoms with Crippen LogP contribution in [0.5, 0.6) is 0 Å². The number of nitrogens with zero attached hydrogens (tertiary/aromatic N) is 2. The van der Waals surface area contributed by atoms with Gasteiger partial charge in [-0.1, -0.05) is 26.7 Å². The lowest BCUT2D eigenvalue weighted by atomic mass is 9.45. The second-order valence-electron chi connectivity index (χ2n) is 10.9. The number of fused-ring (bicyclic) bond motifs is 5. The van der Waals surface area contributed by atoms with Crippen molar-refractivity contribution in [2.24, 2.45) is 34.5 Å². The highest BCUT2D eigenvalue weighted by molar-refractivity contribution is 5.52. The van der Waals surface area contributed by atoms with Gasteiger partial charge in [-0.15, -0.1) is 0 Å². The predicted molar refractivity (Wildman–Crippen MR) is 114 cm³/mol. The van der Waals surface area contributed by atoms with Crippen LogP contribution in [-0.2, 0) is 6.54 Å². The van der Waals surface area contributed by atoms with Crippen LogP contribution in [0.15, 0.2) is 17.8 Å². The maximum atomic E-state index is 11.4. The van der Waals surface area contributed by atoms with Crippen molar-refractivity contribution in [3.05, 3.63) is 23.5 Å². The van der Waals surface area contributed by atoms with Crippen LogP contribution in [0, 0.1) is 34.5 Å². The zero-order valence-electron chi connectivity index (χ0n) is 18.0. The summed E-state index contributed by atoms with van der Waals surface area (Å²) in [5.41, 5.74) is 2.89. The molecule has 7 atom stereocenters. The van der Waals surface area contributed by atoms with Crippen molar-refractivity contribution in [1.29, 1.82) is 0 Å². The van der Waals surface area contributed by atoms with Crippen LogP contribution >= 0.6 is 0 Å². The minimum Gasteiger partial charge on any atom is -0.388 e. The summed E-state index contributed by atoms with van der Waals surface area (Å²) in [6.45, 7) is 8.04. The van der Waals surface area contributed by atoms with Gasteiger partial charge in [-0.2, -0.15) is 5.10 Å². The van der Waals surface area contributed by atoms with Crippen LogP contribution in [0.1, 0.15) is 84.3 Å². The molecule has 3 nitrogen and oxygen atoms in total. The van der Waals surface area contributed by atoms with E-state index in [0.29, 0.717) is 11.3 Å². The van der Waals surface area contributed by atoms with Gasteiger partial charge in [0, 0.05) is 18.2 Å². The van der Waals surface area contributed by atoms with E-state index in [9.17, 15) is 5.11 Å². The van der Waals surface area contributed by atoms with E-state index < -0.39 is 0 Å². The summed E-state index contributed by atoms with van der Waals surface area (Å²) in [5.74, 6) is 3.31. The predicted octanol–water partition coefficient (Wildman–Crippen LogP) is 5.69. The highest BCUT2D eigenvalue weighted by Gasteiger charge is 2.60. The third-order valence-corrected chi connectivity index (χ3v) is 9.77. The fraction of sp³-hybridized carbons (Fsp3) is 0.800. The van der Waals surface area contributed by atoms with E-state index in [2.05, 4.69) is 38.0 Å². The number of aromatic nitrogens is 2. The zero-order chi connectivity index (χ0) is 19.5. The van der Waals surface area contributed by atoms with Gasteiger partial charge in [0.25, 0.3) is 0 Å². The van der Waals surface area contributed by atoms with E-state index in [0.717, 1.165) is 36.4 Å². The molecule has 154 valence electrons. The Morgan fingerprint density at radius 1 is 1.11 bits per heavy atom. The first-order valence-corrected chi connectivity index (χ1v) is 11.9. The maximum absolute atomic E-state index is 11.4. The molecule has 0 spiro atoms. The Kier molecular flexibility index (Phi) is 4.54. The Morgan fingerprint density at radius 3 is 2.75 bits per heavy atom. The molecule has 4 aliphatic carbocycles. The summed E-state index contributed by atoms with van der Waals surface area (Å²) >= 11 is 0. The van der Waals surface area contributed by atoms with Crippen molar-refractivity contribution in [3.63, 3.8) is 0 Å². The smallest absolute Gasteiger partial charge is 0.0851 e. The summed E-state index contributed by atoms with van der Waals surface area (Å²) < 4.78 is 1.98. The second-order valence-corrected chi connectivity index (χ2v) is 10.9. The minimum absolute atomic E-state index is 0.0676. The van der Waals surface area contributed by atoms with Crippen molar-refractivity contribution in [1.82, 2.24) is 9.78 Å². The molecule has 1 N–H and O–H groups in total. The first-order valence-electron chi connectivity index (χ1n) is 11.9. The molecule has 0 bridgehead atoms. The molecule has 4 saturated carbocycles. The van der Waals surface area contributed by atoms with E-state index in [1.807, 2.05) is 10.9 Å². The Hall–Kier alpha value is -1.09. The molecule has 1 heterocycles. The Labute approximate surface area is 170 Å². The topological polar surface area (TPSA) is 38.0 Å². The lowest BCUT2D eigenvalue weighted by Crippen LogP contribution is -2.53. The third kappa shape index (κ3) is 2.68. The van der Waals surface area contributed by atoms with E-state index >= 15 is 0 Å². The Morgan fingerprint density at radius 2 is 1.96 bits per heavy atom. The molecule has 0 saturated heterocycles. The summed E-state index contributed by atoms with van der Waals surface area (Å²) in [6, 6.07) is 2.09. The monoisotopic (exact) mass is 382 g/mol. The molecule has 5 rings (SSSR count). The van der Waals surface area contributed by atoms with Gasteiger partial charge >= 0.3 is 0 Å². The highest BCUT2D eigenvalue weighted by atomic mass is 16.3. The van der Waals surface area contributed by atoms with Crippen LogP contribution in [0.2, 0.25) is 0 Å². The Bertz CT molecular complexity index is 766. The normalized spacial score (nSPS) is 46.9. The van der Waals surface area contributed by atoms with Crippen LogP contribution in [-0.4, -0.2) is 21.0 Å². The standard InChI is InChI=1S/C25H38N2O/c1-4-27-14-11-19(26-27)15-17-16-22-20-9-8-18-7-5-6-12-24(18,2)21(20)10-13-25(22,3)23(17)28/h11,14-15,18,20-23,28H,4-10,12-13,16H2,1-3H3/b17-15-/t18-,20+,21-,22-,23+,24+,25+/m1/s1. The molecule has 1 aromatic heterocycles. The maximum Gasteiger partial charge on any atom is 0.0851 e. The SMILES string of the molecule is CCn1ccc(/C=C2/C[C@@H]3[C@H]4CC[C@H]5CCCC[C@]5(C)[C@@H]4CC[C@]3(C)[C@H]2O)n1.